The van der Waals surface area contributed by atoms with Crippen LogP contribution in [-0.4, -0.2) is 43.2 Å². The molecule has 0 heterocycles. The predicted octanol–water partition coefficient (Wildman–Crippen LogP) is 2.98. The number of benzene rings is 2. The highest BCUT2D eigenvalue weighted by Crippen LogP contribution is 2.36. The highest BCUT2D eigenvalue weighted by Gasteiger charge is 2.33. The monoisotopic (exact) mass is 355 g/mol. The van der Waals surface area contributed by atoms with Crippen LogP contribution in [-0.2, 0) is 9.47 Å². The minimum Gasteiger partial charge on any atom is -0.507 e. The number of fused-ring (bicyclic) bond motifs is 2. The van der Waals surface area contributed by atoms with Gasteiger partial charge in [0.2, 0.25) is 0 Å². The van der Waals surface area contributed by atoms with Crippen LogP contribution in [0.4, 0.5) is 5.69 Å². The second kappa shape index (κ2) is 7.68. The molecule has 0 amide bonds. The van der Waals surface area contributed by atoms with Crippen LogP contribution < -0.4 is 5.32 Å². The Morgan fingerprint density at radius 2 is 1.69 bits per heavy atom. The van der Waals surface area contributed by atoms with Gasteiger partial charge in [-0.2, -0.15) is 0 Å². The fourth-order valence-corrected chi connectivity index (χ4v) is 2.97. The van der Waals surface area contributed by atoms with Crippen LogP contribution >= 0.6 is 0 Å². The zero-order valence-corrected chi connectivity index (χ0v) is 14.7. The first-order valence-electron chi connectivity index (χ1n) is 8.47. The van der Waals surface area contributed by atoms with Gasteiger partial charge in [0.25, 0.3) is 0 Å². The summed E-state index contributed by atoms with van der Waals surface area (Å²) in [6, 6.07) is 9.71. The first kappa shape index (κ1) is 18.1. The molecule has 0 aromatic heterocycles. The average molecular weight is 355 g/mol. The first-order valence-corrected chi connectivity index (χ1v) is 8.47. The standard InChI is InChI=1S/C20H21NO5/c1-12(25-2)26-11-5-10-21-15-8-9-16(22)18-17(15)19(23)13-6-3-4-7-14(13)20(18)24/h3-4,6-9,12,21-22H,5,10-11H2,1-2H3. The summed E-state index contributed by atoms with van der Waals surface area (Å²) in [4.78, 5) is 25.6. The maximum Gasteiger partial charge on any atom is 0.198 e. The molecule has 1 aliphatic carbocycles. The van der Waals surface area contributed by atoms with Crippen LogP contribution in [0.5, 0.6) is 5.75 Å². The van der Waals surface area contributed by atoms with Gasteiger partial charge in [0.1, 0.15) is 5.75 Å². The summed E-state index contributed by atoms with van der Waals surface area (Å²) < 4.78 is 10.4. The van der Waals surface area contributed by atoms with Crippen molar-refractivity contribution in [2.45, 2.75) is 19.6 Å². The average Bonchev–Trinajstić information content (AvgIpc) is 2.66. The minimum absolute atomic E-state index is 0.0583. The van der Waals surface area contributed by atoms with Gasteiger partial charge in [-0.15, -0.1) is 0 Å². The number of ether oxygens (including phenoxy) is 2. The van der Waals surface area contributed by atoms with Crippen LogP contribution in [0.3, 0.4) is 0 Å². The summed E-state index contributed by atoms with van der Waals surface area (Å²) in [7, 11) is 1.58. The van der Waals surface area contributed by atoms with Crippen molar-refractivity contribution in [2.24, 2.45) is 0 Å². The Hall–Kier alpha value is -2.70. The number of rotatable bonds is 7. The number of anilines is 1. The molecule has 26 heavy (non-hydrogen) atoms. The fraction of sp³-hybridized carbons (Fsp3) is 0.300. The molecule has 0 aliphatic heterocycles. The van der Waals surface area contributed by atoms with Crippen molar-refractivity contribution in [1.29, 1.82) is 0 Å². The van der Waals surface area contributed by atoms with Crippen LogP contribution in [0.25, 0.3) is 0 Å². The van der Waals surface area contributed by atoms with E-state index in [0.29, 0.717) is 36.4 Å². The van der Waals surface area contributed by atoms with Gasteiger partial charge in [-0.25, -0.2) is 0 Å². The minimum atomic E-state index is -0.339. The van der Waals surface area contributed by atoms with Crippen molar-refractivity contribution >= 4 is 17.3 Å². The molecular weight excluding hydrogens is 334 g/mol. The maximum atomic E-state index is 12.9. The number of carbonyl (C=O) groups is 2. The van der Waals surface area contributed by atoms with Crippen molar-refractivity contribution in [1.82, 2.24) is 0 Å². The third-order valence-electron chi connectivity index (χ3n) is 4.37. The van der Waals surface area contributed by atoms with E-state index >= 15 is 0 Å². The van der Waals surface area contributed by atoms with Crippen molar-refractivity contribution in [3.8, 4) is 5.75 Å². The van der Waals surface area contributed by atoms with E-state index in [1.54, 1.807) is 37.4 Å². The predicted molar refractivity (Wildman–Crippen MR) is 96.9 cm³/mol. The molecular formula is C20H21NO5. The Balaban J connectivity index is 1.82. The fourth-order valence-electron chi connectivity index (χ4n) is 2.97. The molecule has 1 unspecified atom stereocenters. The summed E-state index contributed by atoms with van der Waals surface area (Å²) in [6.07, 6.45) is 0.425. The van der Waals surface area contributed by atoms with Crippen molar-refractivity contribution in [2.75, 3.05) is 25.6 Å². The van der Waals surface area contributed by atoms with Crippen molar-refractivity contribution < 1.29 is 24.2 Å². The molecule has 0 saturated heterocycles. The number of phenolic OH excluding ortho intramolecular Hbond substituents is 1. The van der Waals surface area contributed by atoms with Crippen molar-refractivity contribution in [3.63, 3.8) is 0 Å². The van der Waals surface area contributed by atoms with Gasteiger partial charge in [0, 0.05) is 30.5 Å². The molecule has 6 nitrogen and oxygen atoms in total. The van der Waals surface area contributed by atoms with E-state index in [4.69, 9.17) is 9.47 Å². The molecule has 0 radical (unpaired) electrons. The topological polar surface area (TPSA) is 84.9 Å². The highest BCUT2D eigenvalue weighted by molar-refractivity contribution is 6.31. The van der Waals surface area contributed by atoms with Crippen LogP contribution in [0, 0.1) is 0 Å². The number of ketones is 2. The van der Waals surface area contributed by atoms with Gasteiger partial charge in [-0.3, -0.25) is 9.59 Å². The zero-order chi connectivity index (χ0) is 18.7. The van der Waals surface area contributed by atoms with E-state index in [1.165, 1.54) is 6.07 Å². The Labute approximate surface area is 151 Å². The first-order chi connectivity index (χ1) is 12.5. The number of hydrogen-bond donors (Lipinski definition) is 2. The van der Waals surface area contributed by atoms with Crippen LogP contribution in [0.15, 0.2) is 36.4 Å². The number of nitrogens with one attached hydrogen (secondary N) is 1. The molecule has 136 valence electrons. The molecule has 0 spiro atoms. The molecule has 3 rings (SSSR count). The molecule has 2 N–H and O–H groups in total. The largest absolute Gasteiger partial charge is 0.507 e. The van der Waals surface area contributed by atoms with E-state index in [9.17, 15) is 14.7 Å². The second-order valence-corrected chi connectivity index (χ2v) is 6.04. The van der Waals surface area contributed by atoms with Gasteiger partial charge in [-0.05, 0) is 25.5 Å². The Morgan fingerprint density at radius 3 is 2.35 bits per heavy atom. The second-order valence-electron chi connectivity index (χ2n) is 6.04. The maximum absolute atomic E-state index is 12.9. The molecule has 2 aromatic rings. The van der Waals surface area contributed by atoms with E-state index < -0.39 is 0 Å². The molecule has 0 saturated carbocycles. The van der Waals surface area contributed by atoms with E-state index in [1.807, 2.05) is 6.92 Å². The Kier molecular flexibility index (Phi) is 5.35. The number of phenols is 1. The molecule has 2 aromatic carbocycles. The summed E-state index contributed by atoms with van der Waals surface area (Å²) in [6.45, 7) is 2.86. The van der Waals surface area contributed by atoms with Crippen LogP contribution in [0.2, 0.25) is 0 Å². The number of methoxy groups -OCH3 is 1. The summed E-state index contributed by atoms with van der Waals surface area (Å²) in [5, 5.41) is 13.3. The molecule has 0 fully saturated rings. The molecule has 1 aliphatic rings. The Morgan fingerprint density at radius 1 is 1.04 bits per heavy atom. The molecule has 6 heteroatoms. The van der Waals surface area contributed by atoms with Crippen molar-refractivity contribution in [3.05, 3.63) is 58.7 Å². The summed E-state index contributed by atoms with van der Waals surface area (Å²) in [5.41, 5.74) is 1.49. The lowest BCUT2D eigenvalue weighted by molar-refractivity contribution is -0.110. The van der Waals surface area contributed by atoms with E-state index in [2.05, 4.69) is 5.32 Å². The zero-order valence-electron chi connectivity index (χ0n) is 14.7. The normalized spacial score (nSPS) is 13.9. The third kappa shape index (κ3) is 3.34. The lowest BCUT2D eigenvalue weighted by Crippen LogP contribution is -2.23. The van der Waals surface area contributed by atoms with Gasteiger partial charge >= 0.3 is 0 Å². The van der Waals surface area contributed by atoms with E-state index in [0.717, 1.165) is 0 Å². The number of carbonyl (C=O) groups excluding carboxylic acids is 2. The quantitative estimate of drug-likeness (QED) is 0.385. The van der Waals surface area contributed by atoms with E-state index in [-0.39, 0.29) is 34.7 Å². The van der Waals surface area contributed by atoms with Gasteiger partial charge in [0.05, 0.1) is 17.7 Å². The molecule has 1 atom stereocenters. The summed E-state index contributed by atoms with van der Waals surface area (Å²) in [5.74, 6) is -0.790. The SMILES string of the molecule is COC(C)OCCCNc1ccc(O)c2c1C(=O)c1ccccc1C2=O. The van der Waals surface area contributed by atoms with Crippen LogP contribution in [0.1, 0.15) is 45.2 Å². The number of hydrogen-bond acceptors (Lipinski definition) is 6. The Bertz CT molecular complexity index is 846. The number of aromatic hydroxyl groups is 1. The molecule has 0 bridgehead atoms. The lowest BCUT2D eigenvalue weighted by atomic mass is 9.82. The van der Waals surface area contributed by atoms with Gasteiger partial charge in [-0.1, -0.05) is 24.3 Å². The lowest BCUT2D eigenvalue weighted by Gasteiger charge is -2.21. The highest BCUT2D eigenvalue weighted by atomic mass is 16.7. The summed E-state index contributed by atoms with van der Waals surface area (Å²) >= 11 is 0. The van der Waals surface area contributed by atoms with Gasteiger partial charge in [0.15, 0.2) is 17.9 Å². The van der Waals surface area contributed by atoms with Gasteiger partial charge < -0.3 is 19.9 Å². The third-order valence-corrected chi connectivity index (χ3v) is 4.37. The smallest absolute Gasteiger partial charge is 0.198 e.